The van der Waals surface area contributed by atoms with Crippen LogP contribution in [0.25, 0.3) is 10.4 Å². The van der Waals surface area contributed by atoms with Crippen molar-refractivity contribution in [1.82, 2.24) is 5.32 Å². The fourth-order valence-corrected chi connectivity index (χ4v) is 6.67. The Labute approximate surface area is 289 Å². The van der Waals surface area contributed by atoms with Crippen molar-refractivity contribution in [2.45, 2.75) is 40.8 Å². The van der Waals surface area contributed by atoms with E-state index >= 15 is 0 Å². The lowest BCUT2D eigenvalue weighted by atomic mass is 9.81. The van der Waals surface area contributed by atoms with E-state index in [1.165, 1.54) is 0 Å². The summed E-state index contributed by atoms with van der Waals surface area (Å²) in [5, 5.41) is 16.3. The molecule has 1 aliphatic rings. The summed E-state index contributed by atoms with van der Waals surface area (Å²) in [4.78, 5) is 25.1. The molecule has 0 radical (unpaired) electrons. The molecule has 5 aromatic rings. The number of benzene rings is 5. The SMILES string of the molecule is [N-]=[N+]=Nc1ccccc1[C@H]1OC(c2ccc(OCCCO)cc2)=N[C@@]1(Cc1ccccc1)C(=O)NCc1ccccc1Sc1ccccc1. The lowest BCUT2D eigenvalue weighted by Gasteiger charge is -2.31. The van der Waals surface area contributed by atoms with Crippen molar-refractivity contribution in [1.29, 1.82) is 0 Å². The van der Waals surface area contributed by atoms with Gasteiger partial charge in [0.25, 0.3) is 5.91 Å². The second kappa shape index (κ2) is 16.0. The first kappa shape index (κ1) is 33.4. The average molecular weight is 670 g/mol. The van der Waals surface area contributed by atoms with Gasteiger partial charge in [-0.1, -0.05) is 108 Å². The Morgan fingerprint density at radius 3 is 2.37 bits per heavy atom. The van der Waals surface area contributed by atoms with Crippen molar-refractivity contribution in [2.75, 3.05) is 13.2 Å². The first-order chi connectivity index (χ1) is 24.1. The highest BCUT2D eigenvalue weighted by Crippen LogP contribution is 2.45. The number of ether oxygens (including phenoxy) is 2. The molecule has 0 unspecified atom stereocenters. The monoisotopic (exact) mass is 669 g/mol. The molecule has 10 heteroatoms. The molecule has 0 spiro atoms. The van der Waals surface area contributed by atoms with Crippen LogP contribution >= 0.6 is 11.8 Å². The number of hydrogen-bond donors (Lipinski definition) is 2. The van der Waals surface area contributed by atoms with Crippen molar-refractivity contribution >= 4 is 29.3 Å². The van der Waals surface area contributed by atoms with Gasteiger partial charge in [0, 0.05) is 57.5 Å². The maximum atomic E-state index is 14.8. The van der Waals surface area contributed by atoms with Crippen LogP contribution < -0.4 is 10.1 Å². The third-order valence-electron chi connectivity index (χ3n) is 8.10. The number of hydrogen-bond acceptors (Lipinski definition) is 7. The van der Waals surface area contributed by atoms with Gasteiger partial charge in [0.2, 0.25) is 5.90 Å². The van der Waals surface area contributed by atoms with E-state index in [0.717, 1.165) is 20.9 Å². The van der Waals surface area contributed by atoms with Gasteiger partial charge in [0.05, 0.1) is 6.61 Å². The molecule has 6 rings (SSSR count). The number of aliphatic hydroxyl groups is 1. The number of nitrogens with one attached hydrogen (secondary N) is 1. The van der Waals surface area contributed by atoms with Crippen LogP contribution in [0.5, 0.6) is 5.75 Å². The molecule has 9 nitrogen and oxygen atoms in total. The van der Waals surface area contributed by atoms with Gasteiger partial charge in [-0.25, -0.2) is 4.99 Å². The van der Waals surface area contributed by atoms with Gasteiger partial charge in [0.15, 0.2) is 11.6 Å². The van der Waals surface area contributed by atoms with Crippen molar-refractivity contribution in [2.24, 2.45) is 10.1 Å². The normalized spacial score (nSPS) is 16.6. The number of amides is 1. The first-order valence-electron chi connectivity index (χ1n) is 16.0. The summed E-state index contributed by atoms with van der Waals surface area (Å²) >= 11 is 1.64. The molecular weight excluding hydrogens is 635 g/mol. The molecule has 0 fully saturated rings. The van der Waals surface area contributed by atoms with Crippen LogP contribution in [0.1, 0.15) is 34.8 Å². The van der Waals surface area contributed by atoms with E-state index < -0.39 is 11.6 Å². The Balaban J connectivity index is 1.40. The zero-order chi connectivity index (χ0) is 33.9. The van der Waals surface area contributed by atoms with E-state index in [1.807, 2.05) is 97.1 Å². The molecule has 1 aliphatic heterocycles. The van der Waals surface area contributed by atoms with Crippen LogP contribution in [-0.2, 0) is 22.5 Å². The van der Waals surface area contributed by atoms with Crippen molar-refractivity contribution in [3.63, 3.8) is 0 Å². The Morgan fingerprint density at radius 1 is 0.918 bits per heavy atom. The van der Waals surface area contributed by atoms with Crippen LogP contribution in [-0.4, -0.2) is 35.7 Å². The summed E-state index contributed by atoms with van der Waals surface area (Å²) in [6, 6.07) is 42.2. The van der Waals surface area contributed by atoms with E-state index in [4.69, 9.17) is 19.6 Å². The minimum absolute atomic E-state index is 0.0461. The molecule has 2 N–H and O–H groups in total. The summed E-state index contributed by atoms with van der Waals surface area (Å²) < 4.78 is 12.4. The predicted octanol–water partition coefficient (Wildman–Crippen LogP) is 8.36. The average Bonchev–Trinajstić information content (AvgIpc) is 3.53. The zero-order valence-corrected chi connectivity index (χ0v) is 27.5. The third-order valence-corrected chi connectivity index (χ3v) is 9.23. The number of rotatable bonds is 14. The molecule has 1 amide bonds. The lowest BCUT2D eigenvalue weighted by molar-refractivity contribution is -0.129. The molecule has 0 bridgehead atoms. The summed E-state index contributed by atoms with van der Waals surface area (Å²) in [6.07, 6.45) is -0.170. The van der Waals surface area contributed by atoms with Crippen LogP contribution in [0.15, 0.2) is 153 Å². The van der Waals surface area contributed by atoms with Crippen molar-refractivity contribution in [3.05, 3.63) is 166 Å². The van der Waals surface area contributed by atoms with Gasteiger partial charge in [0.1, 0.15) is 5.75 Å². The van der Waals surface area contributed by atoms with Gasteiger partial charge in [-0.05, 0) is 59.1 Å². The molecule has 49 heavy (non-hydrogen) atoms. The van der Waals surface area contributed by atoms with E-state index in [-0.39, 0.29) is 31.4 Å². The van der Waals surface area contributed by atoms with Gasteiger partial charge in [-0.2, -0.15) is 0 Å². The number of nitrogens with zero attached hydrogens (tertiary/aromatic N) is 4. The highest BCUT2D eigenvalue weighted by atomic mass is 32.2. The second-order valence-corrected chi connectivity index (χ2v) is 12.5. The predicted molar refractivity (Wildman–Crippen MR) is 191 cm³/mol. The number of carbonyl (C=O) groups is 1. The number of aliphatic hydroxyl groups excluding tert-OH is 1. The summed E-state index contributed by atoms with van der Waals surface area (Å²) in [6.45, 7) is 0.699. The minimum atomic E-state index is -1.46. The smallest absolute Gasteiger partial charge is 0.252 e. The molecule has 2 atom stereocenters. The van der Waals surface area contributed by atoms with Crippen LogP contribution in [0.4, 0.5) is 5.69 Å². The van der Waals surface area contributed by atoms with E-state index in [0.29, 0.717) is 35.6 Å². The maximum absolute atomic E-state index is 14.8. The standard InChI is InChI=1S/C39H35N5O4S/c40-44-43-34-18-9-8-17-33(34)36-39(26-28-12-3-1-4-13-28,42-37(48-36)29-20-22-31(23-21-29)47-25-11-24-45)38(46)41-27-30-14-7-10-19-35(30)49-32-15-5-2-6-16-32/h1-10,12-23,36,45H,11,24-27H2,(H,41,46)/t36-,39-/m1/s1. The summed E-state index contributed by atoms with van der Waals surface area (Å²) in [7, 11) is 0. The molecular formula is C39H35N5O4S. The fourth-order valence-electron chi connectivity index (χ4n) is 5.71. The second-order valence-electron chi connectivity index (χ2n) is 11.4. The van der Waals surface area contributed by atoms with Gasteiger partial charge < -0.3 is 19.9 Å². The highest BCUT2D eigenvalue weighted by Gasteiger charge is 2.53. The Kier molecular flexibility index (Phi) is 10.9. The van der Waals surface area contributed by atoms with Crippen LogP contribution in [0, 0.1) is 0 Å². The van der Waals surface area contributed by atoms with Crippen molar-refractivity contribution < 1.29 is 19.4 Å². The van der Waals surface area contributed by atoms with E-state index in [2.05, 4.69) is 27.5 Å². The Morgan fingerprint density at radius 2 is 1.61 bits per heavy atom. The third kappa shape index (κ3) is 7.96. The van der Waals surface area contributed by atoms with Gasteiger partial charge in [-0.15, -0.1) is 0 Å². The van der Waals surface area contributed by atoms with E-state index in [1.54, 1.807) is 36.0 Å². The van der Waals surface area contributed by atoms with Crippen LogP contribution in [0.3, 0.4) is 0 Å². The van der Waals surface area contributed by atoms with Gasteiger partial charge in [-0.3, -0.25) is 4.79 Å². The summed E-state index contributed by atoms with van der Waals surface area (Å²) in [5.41, 5.74) is 11.4. The molecule has 0 saturated heterocycles. The molecule has 0 saturated carbocycles. The Hall–Kier alpha value is -5.54. The van der Waals surface area contributed by atoms with Crippen LogP contribution in [0.2, 0.25) is 0 Å². The number of carbonyl (C=O) groups excluding carboxylic acids is 1. The fraction of sp³-hybridized carbons (Fsp3) is 0.179. The molecule has 1 heterocycles. The molecule has 0 aliphatic carbocycles. The van der Waals surface area contributed by atoms with Crippen molar-refractivity contribution in [3.8, 4) is 5.75 Å². The van der Waals surface area contributed by atoms with Gasteiger partial charge >= 0.3 is 0 Å². The largest absolute Gasteiger partial charge is 0.494 e. The maximum Gasteiger partial charge on any atom is 0.252 e. The quantitative estimate of drug-likeness (QED) is 0.0531. The topological polar surface area (TPSA) is 129 Å². The lowest BCUT2D eigenvalue weighted by Crippen LogP contribution is -2.49. The molecule has 5 aromatic carbocycles. The number of aliphatic imine (C=N–C) groups is 1. The summed E-state index contributed by atoms with van der Waals surface area (Å²) in [5.74, 6) is 0.603. The molecule has 246 valence electrons. The first-order valence-corrected chi connectivity index (χ1v) is 16.8. The molecule has 0 aromatic heterocycles. The number of azide groups is 1. The highest BCUT2D eigenvalue weighted by molar-refractivity contribution is 7.99. The minimum Gasteiger partial charge on any atom is -0.494 e. The van der Waals surface area contributed by atoms with E-state index in [9.17, 15) is 10.3 Å². The zero-order valence-electron chi connectivity index (χ0n) is 26.7. The Bertz CT molecular complexity index is 1950.